The van der Waals surface area contributed by atoms with Crippen molar-refractivity contribution in [3.63, 3.8) is 0 Å². The number of para-hydroxylation sites is 1. The molecule has 0 spiro atoms. The summed E-state index contributed by atoms with van der Waals surface area (Å²) in [6, 6.07) is 15.3. The number of piperidine rings is 1. The molecule has 0 radical (unpaired) electrons. The minimum absolute atomic E-state index is 0.0345. The lowest BCUT2D eigenvalue weighted by molar-refractivity contribution is 0.0457. The van der Waals surface area contributed by atoms with Gasteiger partial charge in [0.25, 0.3) is 0 Å². The smallest absolute Gasteiger partial charge is 0.339 e. The zero-order valence-electron chi connectivity index (χ0n) is 17.8. The Morgan fingerprint density at radius 1 is 0.970 bits per heavy atom. The number of ether oxygens (including phenoxy) is 1. The van der Waals surface area contributed by atoms with Crippen molar-refractivity contribution in [3.05, 3.63) is 66.0 Å². The molecule has 33 heavy (non-hydrogen) atoms. The number of aromatic nitrogens is 3. The SMILES string of the molecule is Nc1nc(COC(=O)c2ccccc2S(=O)(=O)N2CCCCC2)nc(Nc2ccccc2)n1. The highest BCUT2D eigenvalue weighted by molar-refractivity contribution is 7.89. The van der Waals surface area contributed by atoms with E-state index < -0.39 is 16.0 Å². The molecule has 2 heterocycles. The number of anilines is 3. The van der Waals surface area contributed by atoms with Gasteiger partial charge in [0.05, 0.1) is 10.5 Å². The summed E-state index contributed by atoms with van der Waals surface area (Å²) in [7, 11) is -3.81. The Morgan fingerprint density at radius 3 is 2.42 bits per heavy atom. The molecule has 11 heteroatoms. The van der Waals surface area contributed by atoms with Crippen molar-refractivity contribution in [2.45, 2.75) is 30.8 Å². The maximum atomic E-state index is 13.1. The highest BCUT2D eigenvalue weighted by Gasteiger charge is 2.30. The first kappa shape index (κ1) is 22.6. The van der Waals surface area contributed by atoms with Gasteiger partial charge in [-0.25, -0.2) is 13.2 Å². The molecule has 0 amide bonds. The zero-order valence-corrected chi connectivity index (χ0v) is 18.7. The molecular formula is C22H24N6O4S. The molecule has 3 aromatic rings. The van der Waals surface area contributed by atoms with Gasteiger partial charge in [0.15, 0.2) is 12.4 Å². The highest BCUT2D eigenvalue weighted by Crippen LogP contribution is 2.24. The molecule has 1 fully saturated rings. The highest BCUT2D eigenvalue weighted by atomic mass is 32.2. The first-order chi connectivity index (χ1) is 15.9. The molecule has 1 aromatic heterocycles. The van der Waals surface area contributed by atoms with Crippen molar-refractivity contribution >= 4 is 33.6 Å². The van der Waals surface area contributed by atoms with Crippen molar-refractivity contribution in [2.24, 2.45) is 0 Å². The van der Waals surface area contributed by atoms with Gasteiger partial charge in [-0.3, -0.25) is 0 Å². The van der Waals surface area contributed by atoms with Gasteiger partial charge >= 0.3 is 5.97 Å². The first-order valence-corrected chi connectivity index (χ1v) is 12.0. The second kappa shape index (κ2) is 9.92. The Balaban J connectivity index is 1.50. The van der Waals surface area contributed by atoms with Gasteiger partial charge in [-0.1, -0.05) is 36.8 Å². The molecule has 3 N–H and O–H groups in total. The quantitative estimate of drug-likeness (QED) is 0.501. The van der Waals surface area contributed by atoms with Gasteiger partial charge in [-0.05, 0) is 37.1 Å². The number of rotatable bonds is 7. The lowest BCUT2D eigenvalue weighted by Gasteiger charge is -2.26. The van der Waals surface area contributed by atoms with Gasteiger partial charge < -0.3 is 15.8 Å². The molecule has 0 unspecified atom stereocenters. The number of sulfonamides is 1. The van der Waals surface area contributed by atoms with Crippen LogP contribution in [-0.2, 0) is 21.4 Å². The fraction of sp³-hybridized carbons (Fsp3) is 0.273. The molecule has 1 saturated heterocycles. The topological polar surface area (TPSA) is 140 Å². The van der Waals surface area contributed by atoms with Crippen LogP contribution in [0.25, 0.3) is 0 Å². The van der Waals surface area contributed by atoms with E-state index in [0.717, 1.165) is 24.9 Å². The van der Waals surface area contributed by atoms with Crippen molar-refractivity contribution in [1.29, 1.82) is 0 Å². The van der Waals surface area contributed by atoms with Crippen LogP contribution in [0.4, 0.5) is 17.6 Å². The Labute approximate surface area is 191 Å². The molecule has 0 atom stereocenters. The second-order valence-electron chi connectivity index (χ2n) is 7.46. The summed E-state index contributed by atoms with van der Waals surface area (Å²) in [6.45, 7) is 0.577. The van der Waals surface area contributed by atoms with Crippen LogP contribution in [0.2, 0.25) is 0 Å². The molecule has 1 aliphatic rings. The minimum Gasteiger partial charge on any atom is -0.454 e. The Bertz CT molecular complexity index is 1230. The maximum absolute atomic E-state index is 13.1. The summed E-state index contributed by atoms with van der Waals surface area (Å²) in [5, 5.41) is 3.00. The summed E-state index contributed by atoms with van der Waals surface area (Å²) in [5.74, 6) is -0.497. The van der Waals surface area contributed by atoms with Gasteiger partial charge in [-0.2, -0.15) is 19.3 Å². The predicted molar refractivity (Wildman–Crippen MR) is 122 cm³/mol. The van der Waals surface area contributed by atoms with E-state index in [1.165, 1.54) is 16.4 Å². The van der Waals surface area contributed by atoms with Gasteiger partial charge in [0.1, 0.15) is 0 Å². The molecule has 0 bridgehead atoms. The van der Waals surface area contributed by atoms with Crippen LogP contribution in [-0.4, -0.2) is 46.7 Å². The average Bonchev–Trinajstić information content (AvgIpc) is 2.83. The van der Waals surface area contributed by atoms with E-state index in [1.54, 1.807) is 12.1 Å². The molecule has 0 aliphatic carbocycles. The summed E-state index contributed by atoms with van der Waals surface area (Å²) < 4.78 is 33.0. The van der Waals surface area contributed by atoms with Crippen molar-refractivity contribution < 1.29 is 17.9 Å². The summed E-state index contributed by atoms with van der Waals surface area (Å²) in [4.78, 5) is 25.0. The fourth-order valence-electron chi connectivity index (χ4n) is 3.52. The number of hydrogen-bond donors (Lipinski definition) is 2. The third kappa shape index (κ3) is 5.44. The van der Waals surface area contributed by atoms with Crippen molar-refractivity contribution in [1.82, 2.24) is 19.3 Å². The number of hydrogen-bond acceptors (Lipinski definition) is 9. The molecule has 0 saturated carbocycles. The average molecular weight is 469 g/mol. The minimum atomic E-state index is -3.81. The standard InChI is InChI=1S/C22H24N6O4S/c23-21-25-19(26-22(27-21)24-16-9-3-1-4-10-16)15-32-20(29)17-11-5-6-12-18(17)33(30,31)28-13-7-2-8-14-28/h1,3-6,9-12H,2,7-8,13-15H2,(H3,23,24,25,26,27). The van der Waals surface area contributed by atoms with E-state index in [-0.39, 0.29) is 34.8 Å². The second-order valence-corrected chi connectivity index (χ2v) is 9.37. The monoisotopic (exact) mass is 468 g/mol. The number of nitrogens with zero attached hydrogens (tertiary/aromatic N) is 4. The predicted octanol–water partition coefficient (Wildman–Crippen LogP) is 2.73. The van der Waals surface area contributed by atoms with Crippen LogP contribution in [0.5, 0.6) is 0 Å². The number of nitrogens with one attached hydrogen (secondary N) is 1. The number of carbonyl (C=O) groups is 1. The largest absolute Gasteiger partial charge is 0.454 e. The zero-order chi connectivity index (χ0) is 23.3. The van der Waals surface area contributed by atoms with E-state index in [1.807, 2.05) is 30.3 Å². The lowest BCUT2D eigenvalue weighted by atomic mass is 10.2. The van der Waals surface area contributed by atoms with Gasteiger partial charge in [-0.15, -0.1) is 0 Å². The molecule has 2 aromatic carbocycles. The van der Waals surface area contributed by atoms with Crippen LogP contribution in [0.3, 0.4) is 0 Å². The summed E-state index contributed by atoms with van der Waals surface area (Å²) >= 11 is 0. The maximum Gasteiger partial charge on any atom is 0.339 e. The van der Waals surface area contributed by atoms with Crippen LogP contribution < -0.4 is 11.1 Å². The van der Waals surface area contributed by atoms with Crippen LogP contribution in [0.15, 0.2) is 59.5 Å². The van der Waals surface area contributed by atoms with Gasteiger partial charge in [0.2, 0.25) is 21.9 Å². The van der Waals surface area contributed by atoms with Crippen LogP contribution >= 0.6 is 0 Å². The number of esters is 1. The number of carbonyl (C=O) groups excluding carboxylic acids is 1. The van der Waals surface area contributed by atoms with Gasteiger partial charge in [0, 0.05) is 18.8 Å². The third-order valence-electron chi connectivity index (χ3n) is 5.10. The van der Waals surface area contributed by atoms with Crippen molar-refractivity contribution in [3.8, 4) is 0 Å². The fourth-order valence-corrected chi connectivity index (χ4v) is 5.22. The summed E-state index contributed by atoms with van der Waals surface area (Å²) in [5.41, 5.74) is 6.48. The third-order valence-corrected chi connectivity index (χ3v) is 7.06. The Kier molecular flexibility index (Phi) is 6.80. The van der Waals surface area contributed by atoms with E-state index in [4.69, 9.17) is 10.5 Å². The molecular weight excluding hydrogens is 444 g/mol. The van der Waals surface area contributed by atoms with E-state index in [9.17, 15) is 13.2 Å². The van der Waals surface area contributed by atoms with Crippen molar-refractivity contribution in [2.75, 3.05) is 24.1 Å². The lowest BCUT2D eigenvalue weighted by Crippen LogP contribution is -2.36. The molecule has 4 rings (SSSR count). The Hall–Kier alpha value is -3.57. The molecule has 172 valence electrons. The number of benzene rings is 2. The molecule has 1 aliphatic heterocycles. The Morgan fingerprint density at radius 2 is 1.67 bits per heavy atom. The van der Waals surface area contributed by atoms with Crippen LogP contribution in [0, 0.1) is 0 Å². The van der Waals surface area contributed by atoms with E-state index in [0.29, 0.717) is 13.1 Å². The summed E-state index contributed by atoms with van der Waals surface area (Å²) in [6.07, 6.45) is 2.59. The number of nitrogens with two attached hydrogens (primary N) is 1. The van der Waals surface area contributed by atoms with E-state index in [2.05, 4.69) is 20.3 Å². The normalized spacial score (nSPS) is 14.5. The number of nitrogen functional groups attached to an aromatic ring is 1. The van der Waals surface area contributed by atoms with Crippen LogP contribution in [0.1, 0.15) is 35.4 Å². The first-order valence-electron chi connectivity index (χ1n) is 10.5. The van der Waals surface area contributed by atoms with E-state index >= 15 is 0 Å². The molecule has 10 nitrogen and oxygen atoms in total.